The zero-order valence-electron chi connectivity index (χ0n) is 10.5. The van der Waals surface area contributed by atoms with E-state index in [0.717, 1.165) is 12.2 Å². The van der Waals surface area contributed by atoms with Crippen LogP contribution in [0.4, 0.5) is 10.1 Å². The number of halogens is 1. The maximum atomic E-state index is 13.8. The van der Waals surface area contributed by atoms with Gasteiger partial charge in [0.1, 0.15) is 5.82 Å². The summed E-state index contributed by atoms with van der Waals surface area (Å²) in [6.45, 7) is 8.92. The maximum absolute atomic E-state index is 13.8. The van der Waals surface area contributed by atoms with E-state index in [9.17, 15) is 4.39 Å². The van der Waals surface area contributed by atoms with Crippen molar-refractivity contribution in [2.45, 2.75) is 39.8 Å². The lowest BCUT2D eigenvalue weighted by atomic mass is 10.0. The minimum Gasteiger partial charge on any atom is -0.369 e. The van der Waals surface area contributed by atoms with Crippen molar-refractivity contribution < 1.29 is 4.39 Å². The van der Waals surface area contributed by atoms with Gasteiger partial charge >= 0.3 is 0 Å². The molecule has 90 valence electrons. The molecule has 0 amide bonds. The third-order valence-electron chi connectivity index (χ3n) is 2.76. The molecule has 0 heterocycles. The van der Waals surface area contributed by atoms with Crippen molar-refractivity contribution in [1.82, 2.24) is 0 Å². The lowest BCUT2D eigenvalue weighted by molar-refractivity contribution is 0.588. The molecule has 0 saturated carbocycles. The second kappa shape index (κ2) is 5.30. The van der Waals surface area contributed by atoms with Crippen LogP contribution >= 0.6 is 0 Å². The molecule has 1 unspecified atom stereocenters. The summed E-state index contributed by atoms with van der Waals surface area (Å²) < 4.78 is 13.8. The molecular formula is C13H21FN2. The third-order valence-corrected chi connectivity index (χ3v) is 2.76. The highest BCUT2D eigenvalue weighted by Crippen LogP contribution is 2.28. The van der Waals surface area contributed by atoms with Crippen molar-refractivity contribution in [2.24, 2.45) is 5.73 Å². The average molecular weight is 224 g/mol. The van der Waals surface area contributed by atoms with Crippen LogP contribution in [0, 0.1) is 5.82 Å². The summed E-state index contributed by atoms with van der Waals surface area (Å²) in [5.41, 5.74) is 7.36. The summed E-state index contributed by atoms with van der Waals surface area (Å²) in [6.07, 6.45) is 0. The van der Waals surface area contributed by atoms with Crippen LogP contribution in [-0.2, 0) is 0 Å². The average Bonchev–Trinajstić information content (AvgIpc) is 2.17. The standard InChI is InChI=1S/C13H21FN2/c1-5-16(9(2)3)12-8-6-7-11(14)13(12)10(4)15/h6-10H,5,15H2,1-4H3. The first-order valence-electron chi connectivity index (χ1n) is 5.79. The van der Waals surface area contributed by atoms with Gasteiger partial charge < -0.3 is 10.6 Å². The molecular weight excluding hydrogens is 203 g/mol. The number of nitrogens with zero attached hydrogens (tertiary/aromatic N) is 1. The second-order valence-corrected chi connectivity index (χ2v) is 4.34. The first-order valence-corrected chi connectivity index (χ1v) is 5.79. The summed E-state index contributed by atoms with van der Waals surface area (Å²) in [5.74, 6) is -0.216. The monoisotopic (exact) mass is 224 g/mol. The van der Waals surface area contributed by atoms with E-state index in [2.05, 4.69) is 25.7 Å². The normalized spacial score (nSPS) is 12.9. The molecule has 1 aromatic carbocycles. The molecule has 0 radical (unpaired) electrons. The van der Waals surface area contributed by atoms with Crippen molar-refractivity contribution >= 4 is 5.69 Å². The number of nitrogens with two attached hydrogens (primary N) is 1. The molecule has 16 heavy (non-hydrogen) atoms. The van der Waals surface area contributed by atoms with Gasteiger partial charge in [0.05, 0.1) is 0 Å². The number of benzene rings is 1. The van der Waals surface area contributed by atoms with Gasteiger partial charge in [0.2, 0.25) is 0 Å². The highest BCUT2D eigenvalue weighted by molar-refractivity contribution is 5.56. The lowest BCUT2D eigenvalue weighted by Gasteiger charge is -2.30. The van der Waals surface area contributed by atoms with Crippen molar-refractivity contribution in [3.63, 3.8) is 0 Å². The minimum absolute atomic E-state index is 0.216. The van der Waals surface area contributed by atoms with Crippen LogP contribution in [-0.4, -0.2) is 12.6 Å². The molecule has 0 aliphatic carbocycles. The van der Waals surface area contributed by atoms with Crippen molar-refractivity contribution in [2.75, 3.05) is 11.4 Å². The number of anilines is 1. The van der Waals surface area contributed by atoms with Crippen LogP contribution in [0.5, 0.6) is 0 Å². The van der Waals surface area contributed by atoms with Gasteiger partial charge in [-0.05, 0) is 39.8 Å². The van der Waals surface area contributed by atoms with Crippen LogP contribution in [0.1, 0.15) is 39.3 Å². The smallest absolute Gasteiger partial charge is 0.130 e. The Morgan fingerprint density at radius 2 is 1.94 bits per heavy atom. The molecule has 1 rings (SSSR count). The molecule has 1 atom stereocenters. The van der Waals surface area contributed by atoms with Gasteiger partial charge in [0.25, 0.3) is 0 Å². The zero-order valence-corrected chi connectivity index (χ0v) is 10.5. The highest BCUT2D eigenvalue weighted by atomic mass is 19.1. The zero-order chi connectivity index (χ0) is 12.3. The van der Waals surface area contributed by atoms with Gasteiger partial charge in [-0.25, -0.2) is 4.39 Å². The van der Waals surface area contributed by atoms with E-state index >= 15 is 0 Å². The molecule has 0 bridgehead atoms. The summed E-state index contributed by atoms with van der Waals surface area (Å²) in [6, 6.07) is 5.19. The van der Waals surface area contributed by atoms with Crippen LogP contribution in [0.3, 0.4) is 0 Å². The van der Waals surface area contributed by atoms with E-state index in [1.807, 2.05) is 13.0 Å². The Hall–Kier alpha value is -1.09. The van der Waals surface area contributed by atoms with E-state index in [-0.39, 0.29) is 11.9 Å². The Kier molecular flexibility index (Phi) is 4.30. The molecule has 3 heteroatoms. The van der Waals surface area contributed by atoms with Gasteiger partial charge in [-0.1, -0.05) is 6.07 Å². The van der Waals surface area contributed by atoms with E-state index in [4.69, 9.17) is 5.73 Å². The van der Waals surface area contributed by atoms with Crippen LogP contribution in [0.2, 0.25) is 0 Å². The summed E-state index contributed by atoms with van der Waals surface area (Å²) in [5, 5.41) is 0. The van der Waals surface area contributed by atoms with E-state index in [1.54, 1.807) is 6.07 Å². The van der Waals surface area contributed by atoms with Gasteiger partial charge in [-0.3, -0.25) is 0 Å². The Bertz CT molecular complexity index is 348. The fourth-order valence-corrected chi connectivity index (χ4v) is 2.04. The fraction of sp³-hybridized carbons (Fsp3) is 0.538. The Morgan fingerprint density at radius 1 is 1.31 bits per heavy atom. The lowest BCUT2D eigenvalue weighted by Crippen LogP contribution is -2.32. The predicted molar refractivity (Wildman–Crippen MR) is 67.2 cm³/mol. The SMILES string of the molecule is CCN(c1cccc(F)c1C(C)N)C(C)C. The largest absolute Gasteiger partial charge is 0.369 e. The summed E-state index contributed by atoms with van der Waals surface area (Å²) in [7, 11) is 0. The number of hydrogen-bond acceptors (Lipinski definition) is 2. The number of rotatable bonds is 4. The molecule has 0 spiro atoms. The Labute approximate surface area is 97.3 Å². The quantitative estimate of drug-likeness (QED) is 0.851. The first-order chi connectivity index (χ1) is 7.49. The highest BCUT2D eigenvalue weighted by Gasteiger charge is 2.18. The maximum Gasteiger partial charge on any atom is 0.130 e. The topological polar surface area (TPSA) is 29.3 Å². The molecule has 0 saturated heterocycles. The van der Waals surface area contributed by atoms with Gasteiger partial charge in [-0.2, -0.15) is 0 Å². The Balaban J connectivity index is 3.26. The second-order valence-electron chi connectivity index (χ2n) is 4.34. The van der Waals surface area contributed by atoms with Crippen molar-refractivity contribution in [3.05, 3.63) is 29.6 Å². The van der Waals surface area contributed by atoms with Crippen molar-refractivity contribution in [1.29, 1.82) is 0 Å². The van der Waals surface area contributed by atoms with Crippen LogP contribution in [0.25, 0.3) is 0 Å². The molecule has 2 N–H and O–H groups in total. The van der Waals surface area contributed by atoms with Gasteiger partial charge in [0, 0.05) is 29.9 Å². The van der Waals surface area contributed by atoms with Crippen molar-refractivity contribution in [3.8, 4) is 0 Å². The third kappa shape index (κ3) is 2.53. The van der Waals surface area contributed by atoms with E-state index in [1.165, 1.54) is 6.07 Å². The fourth-order valence-electron chi connectivity index (χ4n) is 2.04. The molecule has 0 aromatic heterocycles. The van der Waals surface area contributed by atoms with Crippen LogP contribution in [0.15, 0.2) is 18.2 Å². The summed E-state index contributed by atoms with van der Waals surface area (Å²) >= 11 is 0. The number of hydrogen-bond donors (Lipinski definition) is 1. The van der Waals surface area contributed by atoms with Gasteiger partial charge in [-0.15, -0.1) is 0 Å². The van der Waals surface area contributed by atoms with E-state index < -0.39 is 0 Å². The van der Waals surface area contributed by atoms with E-state index in [0.29, 0.717) is 11.6 Å². The Morgan fingerprint density at radius 3 is 2.38 bits per heavy atom. The molecule has 2 nitrogen and oxygen atoms in total. The predicted octanol–water partition coefficient (Wildman–Crippen LogP) is 3.08. The molecule has 1 aromatic rings. The summed E-state index contributed by atoms with van der Waals surface area (Å²) in [4.78, 5) is 2.15. The molecule has 0 aliphatic heterocycles. The van der Waals surface area contributed by atoms with Gasteiger partial charge in [0.15, 0.2) is 0 Å². The first kappa shape index (κ1) is 13.0. The minimum atomic E-state index is -0.288. The molecule has 0 fully saturated rings. The molecule has 0 aliphatic rings. The van der Waals surface area contributed by atoms with Crippen LogP contribution < -0.4 is 10.6 Å².